The number of halogens is 1. The third kappa shape index (κ3) is 4.82. The van der Waals surface area contributed by atoms with Crippen LogP contribution in [0.25, 0.3) is 10.6 Å². The maximum atomic E-state index is 12.9. The molecule has 0 spiro atoms. The van der Waals surface area contributed by atoms with Crippen LogP contribution >= 0.6 is 22.9 Å². The number of thiazole rings is 1. The van der Waals surface area contributed by atoms with Gasteiger partial charge in [-0.15, -0.1) is 11.3 Å². The van der Waals surface area contributed by atoms with Gasteiger partial charge in [-0.1, -0.05) is 47.5 Å². The predicted octanol–water partition coefficient (Wildman–Crippen LogP) is 3.85. The monoisotopic (exact) mass is 475 g/mol. The molecule has 4 rings (SSSR count). The number of aromatic nitrogens is 1. The Labute approximate surface area is 191 Å². The van der Waals surface area contributed by atoms with Crippen LogP contribution in [0.3, 0.4) is 0 Å². The van der Waals surface area contributed by atoms with E-state index in [0.29, 0.717) is 13.1 Å². The van der Waals surface area contributed by atoms with Gasteiger partial charge < -0.3 is 4.90 Å². The molecule has 1 aliphatic rings. The highest BCUT2D eigenvalue weighted by Gasteiger charge is 2.31. The molecule has 0 N–H and O–H groups in total. The van der Waals surface area contributed by atoms with E-state index in [1.165, 1.54) is 21.7 Å². The Morgan fingerprint density at radius 3 is 2.55 bits per heavy atom. The zero-order valence-corrected chi connectivity index (χ0v) is 19.4. The van der Waals surface area contributed by atoms with Crippen molar-refractivity contribution in [3.05, 3.63) is 70.2 Å². The van der Waals surface area contributed by atoms with Gasteiger partial charge in [0.15, 0.2) is 0 Å². The van der Waals surface area contributed by atoms with Crippen LogP contribution in [0.4, 0.5) is 0 Å². The van der Waals surface area contributed by atoms with E-state index in [1.807, 2.05) is 30.5 Å². The van der Waals surface area contributed by atoms with Gasteiger partial charge in [0.05, 0.1) is 17.1 Å². The first-order valence-corrected chi connectivity index (χ1v) is 12.6. The summed E-state index contributed by atoms with van der Waals surface area (Å²) in [6.07, 6.45) is 0.208. The molecule has 162 valence electrons. The van der Waals surface area contributed by atoms with Crippen molar-refractivity contribution in [2.24, 2.45) is 0 Å². The number of hydrogen-bond donors (Lipinski definition) is 0. The number of sulfonamides is 1. The quantitative estimate of drug-likeness (QED) is 0.562. The van der Waals surface area contributed by atoms with E-state index in [-0.39, 0.29) is 35.3 Å². The smallest absolute Gasteiger partial charge is 0.244 e. The summed E-state index contributed by atoms with van der Waals surface area (Å²) in [5.74, 6) is -0.0455. The van der Waals surface area contributed by atoms with Gasteiger partial charge in [-0.2, -0.15) is 4.31 Å². The van der Waals surface area contributed by atoms with E-state index in [2.05, 4.69) is 11.1 Å². The minimum Gasteiger partial charge on any atom is -0.340 e. The highest BCUT2D eigenvalue weighted by atomic mass is 35.5. The van der Waals surface area contributed by atoms with Gasteiger partial charge in [0.25, 0.3) is 0 Å². The van der Waals surface area contributed by atoms with E-state index in [4.69, 9.17) is 11.6 Å². The van der Waals surface area contributed by atoms with Gasteiger partial charge in [-0.25, -0.2) is 13.4 Å². The minimum absolute atomic E-state index is 0.0455. The largest absolute Gasteiger partial charge is 0.340 e. The summed E-state index contributed by atoms with van der Waals surface area (Å²) in [5.41, 5.74) is 2.94. The van der Waals surface area contributed by atoms with Crippen LogP contribution in [0.2, 0.25) is 5.02 Å². The highest BCUT2D eigenvalue weighted by Crippen LogP contribution is 2.26. The van der Waals surface area contributed by atoms with E-state index >= 15 is 0 Å². The Bertz CT molecular complexity index is 1200. The number of amides is 1. The van der Waals surface area contributed by atoms with E-state index < -0.39 is 10.0 Å². The van der Waals surface area contributed by atoms with Crippen molar-refractivity contribution in [1.29, 1.82) is 0 Å². The zero-order valence-electron chi connectivity index (χ0n) is 17.0. The number of nitrogens with zero attached hydrogens (tertiary/aromatic N) is 3. The minimum atomic E-state index is -3.68. The summed E-state index contributed by atoms with van der Waals surface area (Å²) in [7, 11) is -3.68. The Hall–Kier alpha value is -2.26. The summed E-state index contributed by atoms with van der Waals surface area (Å²) >= 11 is 7.60. The van der Waals surface area contributed by atoms with Gasteiger partial charge in [0.2, 0.25) is 15.9 Å². The number of aryl methyl sites for hydroxylation is 1. The highest BCUT2D eigenvalue weighted by molar-refractivity contribution is 7.89. The molecule has 3 aromatic rings. The fraction of sp³-hybridized carbons (Fsp3) is 0.273. The van der Waals surface area contributed by atoms with Crippen LogP contribution in [0.15, 0.2) is 58.8 Å². The fourth-order valence-electron chi connectivity index (χ4n) is 3.54. The van der Waals surface area contributed by atoms with Crippen molar-refractivity contribution in [3.63, 3.8) is 0 Å². The van der Waals surface area contributed by atoms with Crippen molar-refractivity contribution in [1.82, 2.24) is 14.2 Å². The molecule has 0 saturated carbocycles. The first-order chi connectivity index (χ1) is 14.8. The molecule has 9 heteroatoms. The lowest BCUT2D eigenvalue weighted by Gasteiger charge is -2.34. The molecule has 0 unspecified atom stereocenters. The summed E-state index contributed by atoms with van der Waals surface area (Å²) in [6, 6.07) is 14.5. The number of rotatable bonds is 5. The standard InChI is InChI=1S/C22H22ClN3O3S2/c1-16-5-4-6-17(13-16)22-24-18(15-30-22)14-21(27)25-9-11-26(12-10-25)31(28,29)20-8-3-2-7-19(20)23/h2-8,13,15H,9-12,14H2,1H3. The molecule has 0 bridgehead atoms. The van der Waals surface area contributed by atoms with E-state index in [0.717, 1.165) is 21.8 Å². The lowest BCUT2D eigenvalue weighted by Crippen LogP contribution is -2.50. The van der Waals surface area contributed by atoms with Crippen LogP contribution in [-0.4, -0.2) is 54.7 Å². The molecule has 0 aliphatic carbocycles. The maximum absolute atomic E-state index is 12.9. The van der Waals surface area contributed by atoms with Gasteiger partial charge in [-0.05, 0) is 25.1 Å². The molecule has 1 saturated heterocycles. The van der Waals surface area contributed by atoms with Crippen LogP contribution in [0, 0.1) is 6.92 Å². The third-order valence-corrected chi connectivity index (χ3v) is 8.53. The predicted molar refractivity (Wildman–Crippen MR) is 123 cm³/mol. The molecule has 0 radical (unpaired) electrons. The third-order valence-electron chi connectivity index (χ3n) is 5.19. The number of benzene rings is 2. The van der Waals surface area contributed by atoms with Crippen LogP contribution in [0.5, 0.6) is 0 Å². The average Bonchev–Trinajstić information content (AvgIpc) is 3.22. The Morgan fingerprint density at radius 1 is 1.10 bits per heavy atom. The number of piperazine rings is 1. The molecular weight excluding hydrogens is 454 g/mol. The van der Waals surface area contributed by atoms with E-state index in [9.17, 15) is 13.2 Å². The molecule has 6 nitrogen and oxygen atoms in total. The van der Waals surface area contributed by atoms with Gasteiger partial charge in [0.1, 0.15) is 9.90 Å². The zero-order chi connectivity index (χ0) is 22.0. The second kappa shape index (κ2) is 9.08. The number of carbonyl (C=O) groups is 1. The van der Waals surface area contributed by atoms with Gasteiger partial charge >= 0.3 is 0 Å². The lowest BCUT2D eigenvalue weighted by molar-refractivity contribution is -0.131. The summed E-state index contributed by atoms with van der Waals surface area (Å²) in [5, 5.41) is 3.00. The first-order valence-electron chi connectivity index (χ1n) is 9.88. The summed E-state index contributed by atoms with van der Waals surface area (Å²) in [4.78, 5) is 19.2. The summed E-state index contributed by atoms with van der Waals surface area (Å²) in [6.45, 7) is 3.21. The van der Waals surface area contributed by atoms with Crippen LogP contribution < -0.4 is 0 Å². The van der Waals surface area contributed by atoms with Gasteiger partial charge in [0, 0.05) is 37.1 Å². The Balaban J connectivity index is 1.37. The average molecular weight is 476 g/mol. The second-order valence-corrected chi connectivity index (χ2v) is 10.6. The molecule has 2 aromatic carbocycles. The van der Waals surface area contributed by atoms with Crippen molar-refractivity contribution >= 4 is 38.9 Å². The molecule has 1 amide bonds. The number of carbonyl (C=O) groups excluding carboxylic acids is 1. The molecule has 2 heterocycles. The first kappa shape index (κ1) is 22.0. The SMILES string of the molecule is Cc1cccc(-c2nc(CC(=O)N3CCN(S(=O)(=O)c4ccccc4Cl)CC3)cs2)c1. The molecule has 1 aliphatic heterocycles. The number of hydrogen-bond acceptors (Lipinski definition) is 5. The summed E-state index contributed by atoms with van der Waals surface area (Å²) < 4.78 is 27.1. The Morgan fingerprint density at radius 2 is 1.84 bits per heavy atom. The molecular formula is C22H22ClN3O3S2. The maximum Gasteiger partial charge on any atom is 0.244 e. The molecule has 31 heavy (non-hydrogen) atoms. The van der Waals surface area contributed by atoms with Crippen LogP contribution in [-0.2, 0) is 21.2 Å². The van der Waals surface area contributed by atoms with Crippen molar-refractivity contribution in [3.8, 4) is 10.6 Å². The van der Waals surface area contributed by atoms with Gasteiger partial charge in [-0.3, -0.25) is 4.79 Å². The molecule has 1 fully saturated rings. The fourth-order valence-corrected chi connectivity index (χ4v) is 6.27. The normalized spacial score (nSPS) is 15.2. The van der Waals surface area contributed by atoms with Crippen molar-refractivity contribution in [2.45, 2.75) is 18.2 Å². The second-order valence-electron chi connectivity index (χ2n) is 7.41. The van der Waals surface area contributed by atoms with Crippen LogP contribution in [0.1, 0.15) is 11.3 Å². The van der Waals surface area contributed by atoms with Crippen molar-refractivity contribution < 1.29 is 13.2 Å². The Kier molecular flexibility index (Phi) is 6.43. The van der Waals surface area contributed by atoms with E-state index in [1.54, 1.807) is 23.1 Å². The molecule has 0 atom stereocenters. The van der Waals surface area contributed by atoms with Crippen molar-refractivity contribution in [2.75, 3.05) is 26.2 Å². The molecule has 1 aromatic heterocycles. The lowest BCUT2D eigenvalue weighted by atomic mass is 10.1. The topological polar surface area (TPSA) is 70.6 Å².